The Labute approximate surface area is 112 Å². The number of anilines is 1. The number of ether oxygens (including phenoxy) is 1. The molecule has 1 rings (SSSR count). The largest absolute Gasteiger partial charge is 0.480 e. The number of rotatable bonds is 5. The van der Waals surface area contributed by atoms with Crippen molar-refractivity contribution in [2.45, 2.75) is 32.7 Å². The Balaban J connectivity index is 2.58. The minimum Gasteiger partial charge on any atom is -0.480 e. The molecular weight excluding hydrogens is 252 g/mol. The fourth-order valence-corrected chi connectivity index (χ4v) is 1.55. The molecule has 3 N–H and O–H groups in total. The maximum absolute atomic E-state index is 11.7. The standard InChI is InChI=1S/C13H19ClN2O2/c1-4-13(2,3)16-11(17)8-18-12-9(14)6-5-7-10(12)15/h5-7H,4,8,15H2,1-3H3,(H,16,17). The van der Waals surface area contributed by atoms with E-state index in [-0.39, 0.29) is 18.1 Å². The van der Waals surface area contributed by atoms with Crippen LogP contribution in [0.2, 0.25) is 5.02 Å². The third-order valence-electron chi connectivity index (χ3n) is 2.71. The molecule has 0 spiro atoms. The molecule has 0 aromatic heterocycles. The summed E-state index contributed by atoms with van der Waals surface area (Å²) in [5.74, 6) is 0.157. The van der Waals surface area contributed by atoms with E-state index in [1.165, 1.54) is 0 Å². The van der Waals surface area contributed by atoms with Crippen LogP contribution in [0.15, 0.2) is 18.2 Å². The van der Waals surface area contributed by atoms with Gasteiger partial charge in [-0.15, -0.1) is 0 Å². The van der Waals surface area contributed by atoms with Crippen molar-refractivity contribution in [2.75, 3.05) is 12.3 Å². The van der Waals surface area contributed by atoms with Crippen LogP contribution < -0.4 is 15.8 Å². The topological polar surface area (TPSA) is 64.3 Å². The zero-order valence-electron chi connectivity index (χ0n) is 10.9. The first-order chi connectivity index (χ1) is 8.35. The Morgan fingerprint density at radius 2 is 2.17 bits per heavy atom. The highest BCUT2D eigenvalue weighted by Crippen LogP contribution is 2.30. The first-order valence-electron chi connectivity index (χ1n) is 5.83. The van der Waals surface area contributed by atoms with E-state index in [9.17, 15) is 4.79 Å². The van der Waals surface area contributed by atoms with Crippen LogP contribution >= 0.6 is 11.6 Å². The quantitative estimate of drug-likeness (QED) is 0.809. The van der Waals surface area contributed by atoms with Crippen LogP contribution in [0.25, 0.3) is 0 Å². The average molecular weight is 271 g/mol. The zero-order valence-corrected chi connectivity index (χ0v) is 11.7. The lowest BCUT2D eigenvalue weighted by Gasteiger charge is -2.24. The molecule has 0 unspecified atom stereocenters. The third-order valence-corrected chi connectivity index (χ3v) is 3.00. The summed E-state index contributed by atoms with van der Waals surface area (Å²) in [5, 5.41) is 3.27. The Morgan fingerprint density at radius 3 is 2.72 bits per heavy atom. The summed E-state index contributed by atoms with van der Waals surface area (Å²) in [6.45, 7) is 5.81. The molecule has 0 aliphatic carbocycles. The van der Waals surface area contributed by atoms with Crippen LogP contribution in [0.3, 0.4) is 0 Å². The second-order valence-electron chi connectivity index (χ2n) is 4.73. The predicted octanol–water partition coefficient (Wildman–Crippen LogP) is 2.61. The Hall–Kier alpha value is -1.42. The molecule has 0 bridgehead atoms. The van der Waals surface area contributed by atoms with Gasteiger partial charge in [-0.25, -0.2) is 0 Å². The van der Waals surface area contributed by atoms with Crippen molar-refractivity contribution in [3.63, 3.8) is 0 Å². The van der Waals surface area contributed by atoms with Gasteiger partial charge in [0.2, 0.25) is 0 Å². The molecular formula is C13H19ClN2O2. The van der Waals surface area contributed by atoms with E-state index in [2.05, 4.69) is 5.32 Å². The SMILES string of the molecule is CCC(C)(C)NC(=O)COc1c(N)cccc1Cl. The number of carbonyl (C=O) groups is 1. The van der Waals surface area contributed by atoms with Crippen LogP contribution in [0.1, 0.15) is 27.2 Å². The first-order valence-corrected chi connectivity index (χ1v) is 6.21. The van der Waals surface area contributed by atoms with Crippen molar-refractivity contribution in [1.82, 2.24) is 5.32 Å². The van der Waals surface area contributed by atoms with Gasteiger partial charge in [0.1, 0.15) is 0 Å². The lowest BCUT2D eigenvalue weighted by molar-refractivity contribution is -0.124. The summed E-state index contributed by atoms with van der Waals surface area (Å²) in [7, 11) is 0. The maximum atomic E-state index is 11.7. The predicted molar refractivity (Wildman–Crippen MR) is 73.9 cm³/mol. The van der Waals surface area contributed by atoms with Crippen molar-refractivity contribution >= 4 is 23.2 Å². The zero-order chi connectivity index (χ0) is 13.8. The second-order valence-corrected chi connectivity index (χ2v) is 5.14. The van der Waals surface area contributed by atoms with Crippen molar-refractivity contribution in [3.8, 4) is 5.75 Å². The molecule has 1 aromatic carbocycles. The normalized spacial score (nSPS) is 11.1. The van der Waals surface area contributed by atoms with Crippen LogP contribution in [0, 0.1) is 0 Å². The number of para-hydroxylation sites is 1. The van der Waals surface area contributed by atoms with E-state index in [4.69, 9.17) is 22.1 Å². The summed E-state index contributed by atoms with van der Waals surface area (Å²) in [6, 6.07) is 5.07. The van der Waals surface area contributed by atoms with Crippen LogP contribution in [-0.2, 0) is 4.79 Å². The minimum absolute atomic E-state index is 0.0998. The lowest BCUT2D eigenvalue weighted by atomic mass is 10.0. The molecule has 0 saturated heterocycles. The molecule has 1 aromatic rings. The maximum Gasteiger partial charge on any atom is 0.258 e. The number of hydrogen-bond donors (Lipinski definition) is 2. The summed E-state index contributed by atoms with van der Waals surface area (Å²) in [6.07, 6.45) is 0.840. The van der Waals surface area contributed by atoms with Crippen molar-refractivity contribution in [1.29, 1.82) is 0 Å². The number of nitrogen functional groups attached to an aromatic ring is 1. The monoisotopic (exact) mass is 270 g/mol. The Kier molecular flexibility index (Phi) is 4.84. The van der Waals surface area contributed by atoms with E-state index < -0.39 is 0 Å². The number of amides is 1. The van der Waals surface area contributed by atoms with Crippen LogP contribution in [0.5, 0.6) is 5.75 Å². The third kappa shape index (κ3) is 4.11. The molecule has 1 amide bonds. The summed E-state index contributed by atoms with van der Waals surface area (Å²) < 4.78 is 5.35. The van der Waals surface area contributed by atoms with E-state index >= 15 is 0 Å². The second kappa shape index (κ2) is 5.96. The molecule has 100 valence electrons. The average Bonchev–Trinajstić information content (AvgIpc) is 2.28. The fraction of sp³-hybridized carbons (Fsp3) is 0.462. The van der Waals surface area contributed by atoms with E-state index in [1.54, 1.807) is 18.2 Å². The Morgan fingerprint density at radius 1 is 1.50 bits per heavy atom. The van der Waals surface area contributed by atoms with Crippen molar-refractivity contribution in [2.24, 2.45) is 0 Å². The van der Waals surface area contributed by atoms with Crippen molar-refractivity contribution < 1.29 is 9.53 Å². The lowest BCUT2D eigenvalue weighted by Crippen LogP contribution is -2.44. The highest BCUT2D eigenvalue weighted by Gasteiger charge is 2.18. The number of hydrogen-bond acceptors (Lipinski definition) is 3. The van der Waals surface area contributed by atoms with Gasteiger partial charge in [-0.1, -0.05) is 24.6 Å². The highest BCUT2D eigenvalue weighted by atomic mass is 35.5. The molecule has 0 atom stereocenters. The van der Waals surface area contributed by atoms with Gasteiger partial charge in [0.05, 0.1) is 10.7 Å². The molecule has 18 heavy (non-hydrogen) atoms. The van der Waals surface area contributed by atoms with Crippen molar-refractivity contribution in [3.05, 3.63) is 23.2 Å². The van der Waals surface area contributed by atoms with Gasteiger partial charge in [0.15, 0.2) is 12.4 Å². The fourth-order valence-electron chi connectivity index (χ4n) is 1.32. The molecule has 4 nitrogen and oxygen atoms in total. The molecule has 5 heteroatoms. The minimum atomic E-state index is -0.244. The van der Waals surface area contributed by atoms with Gasteiger partial charge in [-0.3, -0.25) is 4.79 Å². The molecule has 0 saturated carbocycles. The number of nitrogens with two attached hydrogens (primary N) is 1. The van der Waals surface area contributed by atoms with Gasteiger partial charge >= 0.3 is 0 Å². The molecule has 0 fully saturated rings. The summed E-state index contributed by atoms with van der Waals surface area (Å²) >= 11 is 5.94. The van der Waals surface area contributed by atoms with Gasteiger partial charge in [-0.05, 0) is 32.4 Å². The van der Waals surface area contributed by atoms with Gasteiger partial charge < -0.3 is 15.8 Å². The number of benzene rings is 1. The number of carbonyl (C=O) groups excluding carboxylic acids is 1. The van der Waals surface area contributed by atoms with Gasteiger partial charge in [0, 0.05) is 5.54 Å². The van der Waals surface area contributed by atoms with E-state index in [0.29, 0.717) is 16.5 Å². The summed E-state index contributed by atoms with van der Waals surface area (Å²) in [5.41, 5.74) is 5.90. The molecule has 0 heterocycles. The van der Waals surface area contributed by atoms with E-state index in [0.717, 1.165) is 6.42 Å². The number of halogens is 1. The summed E-state index contributed by atoms with van der Waals surface area (Å²) in [4.78, 5) is 11.7. The highest BCUT2D eigenvalue weighted by molar-refractivity contribution is 6.32. The smallest absolute Gasteiger partial charge is 0.258 e. The molecule has 0 radical (unpaired) electrons. The molecule has 0 aliphatic rings. The van der Waals surface area contributed by atoms with Crippen LogP contribution in [-0.4, -0.2) is 18.1 Å². The van der Waals surface area contributed by atoms with Gasteiger partial charge in [0.25, 0.3) is 5.91 Å². The molecule has 0 aliphatic heterocycles. The Bertz CT molecular complexity index is 413. The van der Waals surface area contributed by atoms with Crippen LogP contribution in [0.4, 0.5) is 5.69 Å². The van der Waals surface area contributed by atoms with E-state index in [1.807, 2.05) is 20.8 Å². The van der Waals surface area contributed by atoms with Gasteiger partial charge in [-0.2, -0.15) is 0 Å². The first kappa shape index (κ1) is 14.6. The number of nitrogens with one attached hydrogen (secondary N) is 1.